The molecule has 4 rings (SSSR count). The predicted molar refractivity (Wildman–Crippen MR) is 119 cm³/mol. The van der Waals surface area contributed by atoms with E-state index in [1.165, 1.54) is 0 Å². The van der Waals surface area contributed by atoms with Crippen LogP contribution in [0.3, 0.4) is 0 Å². The summed E-state index contributed by atoms with van der Waals surface area (Å²) in [5.41, 5.74) is 4.24. The molecule has 0 atom stereocenters. The standard InChI is InChI=1S/C21H17BrClN5O2/c1-12-19(21(29)24-16-6-4-3-5-15(16)23)25-26-20-18(13-7-9-14(22)10-8-13)17(11-30-2)27-28(12)20/h3-10H,11H2,1-2H3,(H,24,29). The summed E-state index contributed by atoms with van der Waals surface area (Å²) in [6, 6.07) is 14.8. The highest BCUT2D eigenvalue weighted by molar-refractivity contribution is 9.10. The second-order valence-corrected chi connectivity index (χ2v) is 7.89. The largest absolute Gasteiger partial charge is 0.378 e. The molecule has 7 nitrogen and oxygen atoms in total. The van der Waals surface area contributed by atoms with Crippen LogP contribution in [0.15, 0.2) is 53.0 Å². The molecule has 0 fully saturated rings. The molecular weight excluding hydrogens is 470 g/mol. The Kier molecular flexibility index (Phi) is 5.80. The number of rotatable bonds is 5. The van der Waals surface area contributed by atoms with E-state index >= 15 is 0 Å². The summed E-state index contributed by atoms with van der Waals surface area (Å²) < 4.78 is 7.92. The Bertz CT molecular complexity index is 1240. The van der Waals surface area contributed by atoms with Gasteiger partial charge in [-0.3, -0.25) is 4.79 Å². The van der Waals surface area contributed by atoms with Crippen LogP contribution in [-0.4, -0.2) is 32.8 Å². The minimum absolute atomic E-state index is 0.163. The van der Waals surface area contributed by atoms with E-state index in [0.29, 0.717) is 34.4 Å². The Morgan fingerprint density at radius 1 is 1.17 bits per heavy atom. The lowest BCUT2D eigenvalue weighted by Crippen LogP contribution is -2.18. The quantitative estimate of drug-likeness (QED) is 0.433. The number of hydrogen-bond donors (Lipinski definition) is 1. The molecule has 2 aromatic heterocycles. The zero-order valence-electron chi connectivity index (χ0n) is 16.2. The van der Waals surface area contributed by atoms with E-state index in [-0.39, 0.29) is 5.69 Å². The maximum Gasteiger partial charge on any atom is 0.278 e. The van der Waals surface area contributed by atoms with Gasteiger partial charge in [0, 0.05) is 11.6 Å². The number of para-hydroxylation sites is 1. The number of carbonyl (C=O) groups excluding carboxylic acids is 1. The van der Waals surface area contributed by atoms with Crippen LogP contribution in [0.5, 0.6) is 0 Å². The van der Waals surface area contributed by atoms with Gasteiger partial charge in [-0.05, 0) is 36.8 Å². The van der Waals surface area contributed by atoms with Gasteiger partial charge in [0.05, 0.1) is 34.3 Å². The highest BCUT2D eigenvalue weighted by Gasteiger charge is 2.22. The molecule has 0 aliphatic heterocycles. The van der Waals surface area contributed by atoms with Crippen LogP contribution in [0.1, 0.15) is 21.9 Å². The van der Waals surface area contributed by atoms with Gasteiger partial charge >= 0.3 is 0 Å². The predicted octanol–water partition coefficient (Wildman–Crippen LogP) is 4.91. The van der Waals surface area contributed by atoms with E-state index in [1.54, 1.807) is 42.8 Å². The van der Waals surface area contributed by atoms with Gasteiger partial charge in [0.2, 0.25) is 0 Å². The maximum absolute atomic E-state index is 12.8. The number of fused-ring (bicyclic) bond motifs is 1. The van der Waals surface area contributed by atoms with Gasteiger partial charge in [0.25, 0.3) is 5.91 Å². The molecular formula is C21H17BrClN5O2. The number of carbonyl (C=O) groups is 1. The smallest absolute Gasteiger partial charge is 0.278 e. The second kappa shape index (κ2) is 8.51. The number of aromatic nitrogens is 4. The highest BCUT2D eigenvalue weighted by Crippen LogP contribution is 2.30. The highest BCUT2D eigenvalue weighted by atomic mass is 79.9. The molecule has 0 saturated carbocycles. The zero-order valence-corrected chi connectivity index (χ0v) is 18.5. The van der Waals surface area contributed by atoms with Crippen LogP contribution in [-0.2, 0) is 11.3 Å². The molecule has 4 aromatic rings. The lowest BCUT2D eigenvalue weighted by molar-refractivity contribution is 0.102. The fraction of sp³-hybridized carbons (Fsp3) is 0.143. The van der Waals surface area contributed by atoms with Crippen LogP contribution < -0.4 is 5.32 Å². The molecule has 152 valence electrons. The number of anilines is 1. The van der Waals surface area contributed by atoms with E-state index in [0.717, 1.165) is 15.6 Å². The van der Waals surface area contributed by atoms with Crippen molar-refractivity contribution in [2.45, 2.75) is 13.5 Å². The van der Waals surface area contributed by atoms with Crippen LogP contribution in [0, 0.1) is 6.92 Å². The van der Waals surface area contributed by atoms with Gasteiger partial charge in [-0.25, -0.2) is 4.52 Å². The topological polar surface area (TPSA) is 81.4 Å². The molecule has 0 saturated heterocycles. The molecule has 0 aliphatic carbocycles. The van der Waals surface area contributed by atoms with Crippen molar-refractivity contribution >= 4 is 44.8 Å². The van der Waals surface area contributed by atoms with E-state index < -0.39 is 5.91 Å². The number of methoxy groups -OCH3 is 1. The average molecular weight is 487 g/mol. The van der Waals surface area contributed by atoms with E-state index in [1.807, 2.05) is 24.3 Å². The molecule has 0 bridgehead atoms. The maximum atomic E-state index is 12.8. The minimum atomic E-state index is -0.413. The summed E-state index contributed by atoms with van der Waals surface area (Å²) in [5, 5.41) is 16.4. The molecule has 1 amide bonds. The van der Waals surface area contributed by atoms with Crippen molar-refractivity contribution in [3.05, 3.63) is 75.1 Å². The minimum Gasteiger partial charge on any atom is -0.378 e. The second-order valence-electron chi connectivity index (χ2n) is 6.56. The molecule has 2 heterocycles. The van der Waals surface area contributed by atoms with Crippen molar-refractivity contribution in [3.8, 4) is 11.1 Å². The molecule has 30 heavy (non-hydrogen) atoms. The van der Waals surface area contributed by atoms with Crippen LogP contribution in [0.4, 0.5) is 5.69 Å². The Hall–Kier alpha value is -2.81. The molecule has 0 radical (unpaired) electrons. The fourth-order valence-corrected chi connectivity index (χ4v) is 3.60. The van der Waals surface area contributed by atoms with Gasteiger partial charge in [0.1, 0.15) is 0 Å². The third-order valence-electron chi connectivity index (χ3n) is 4.59. The number of ether oxygens (including phenoxy) is 1. The summed E-state index contributed by atoms with van der Waals surface area (Å²) in [4.78, 5) is 12.8. The average Bonchev–Trinajstić information content (AvgIpc) is 3.10. The van der Waals surface area contributed by atoms with E-state index in [4.69, 9.17) is 16.3 Å². The summed E-state index contributed by atoms with van der Waals surface area (Å²) in [6.07, 6.45) is 0. The number of benzene rings is 2. The van der Waals surface area contributed by atoms with Gasteiger partial charge in [-0.2, -0.15) is 5.10 Å². The van der Waals surface area contributed by atoms with Gasteiger partial charge < -0.3 is 10.1 Å². The van der Waals surface area contributed by atoms with Gasteiger partial charge in [-0.15, -0.1) is 10.2 Å². The lowest BCUT2D eigenvalue weighted by atomic mass is 10.1. The number of hydrogen-bond acceptors (Lipinski definition) is 5. The lowest BCUT2D eigenvalue weighted by Gasteiger charge is -2.09. The van der Waals surface area contributed by atoms with Crippen molar-refractivity contribution in [1.82, 2.24) is 19.8 Å². The van der Waals surface area contributed by atoms with Crippen molar-refractivity contribution in [2.75, 3.05) is 12.4 Å². The Morgan fingerprint density at radius 3 is 2.60 bits per heavy atom. The third-order valence-corrected chi connectivity index (χ3v) is 5.45. The van der Waals surface area contributed by atoms with E-state index in [9.17, 15) is 4.79 Å². The summed E-state index contributed by atoms with van der Waals surface area (Å²) in [6.45, 7) is 2.08. The summed E-state index contributed by atoms with van der Waals surface area (Å²) >= 11 is 9.59. The van der Waals surface area contributed by atoms with Crippen LogP contribution >= 0.6 is 27.5 Å². The molecule has 0 aliphatic rings. The molecule has 0 unspecified atom stereocenters. The number of aryl methyl sites for hydroxylation is 1. The number of nitrogens with zero attached hydrogens (tertiary/aromatic N) is 4. The SMILES string of the molecule is COCc1nn2c(C)c(C(=O)Nc3ccccc3Cl)nnc2c1-c1ccc(Br)cc1. The summed E-state index contributed by atoms with van der Waals surface area (Å²) in [7, 11) is 1.61. The van der Waals surface area contributed by atoms with Crippen molar-refractivity contribution in [3.63, 3.8) is 0 Å². The zero-order chi connectivity index (χ0) is 21.3. The van der Waals surface area contributed by atoms with E-state index in [2.05, 4.69) is 36.5 Å². The van der Waals surface area contributed by atoms with Crippen LogP contribution in [0.2, 0.25) is 5.02 Å². The third kappa shape index (κ3) is 3.81. The molecule has 0 spiro atoms. The fourth-order valence-electron chi connectivity index (χ4n) is 3.15. The molecule has 1 N–H and O–H groups in total. The molecule has 9 heteroatoms. The van der Waals surface area contributed by atoms with Crippen molar-refractivity contribution in [2.24, 2.45) is 0 Å². The van der Waals surface area contributed by atoms with Gasteiger partial charge in [0.15, 0.2) is 11.3 Å². The first-order valence-electron chi connectivity index (χ1n) is 9.05. The number of nitrogens with one attached hydrogen (secondary N) is 1. The normalized spacial score (nSPS) is 11.1. The Labute approximate surface area is 186 Å². The van der Waals surface area contributed by atoms with Gasteiger partial charge in [-0.1, -0.05) is 51.8 Å². The first kappa shape index (κ1) is 20.5. The molecule has 2 aromatic carbocycles. The number of amides is 1. The Balaban J connectivity index is 1.80. The van der Waals surface area contributed by atoms with Crippen molar-refractivity contribution in [1.29, 1.82) is 0 Å². The number of halogens is 2. The first-order chi connectivity index (χ1) is 14.5. The van der Waals surface area contributed by atoms with Crippen LogP contribution in [0.25, 0.3) is 16.8 Å². The first-order valence-corrected chi connectivity index (χ1v) is 10.2. The summed E-state index contributed by atoms with van der Waals surface area (Å²) in [5.74, 6) is -0.413. The van der Waals surface area contributed by atoms with Crippen molar-refractivity contribution < 1.29 is 9.53 Å². The Morgan fingerprint density at radius 2 is 1.90 bits per heavy atom. The monoisotopic (exact) mass is 485 g/mol.